The van der Waals surface area contributed by atoms with Gasteiger partial charge in [0.1, 0.15) is 0 Å². The van der Waals surface area contributed by atoms with E-state index in [1.165, 1.54) is 24.0 Å². The topological polar surface area (TPSA) is 34.2 Å². The van der Waals surface area contributed by atoms with Crippen molar-refractivity contribution in [3.8, 4) is 0 Å². The molecule has 4 rings (SSSR count). The molecule has 1 aromatic carbocycles. The summed E-state index contributed by atoms with van der Waals surface area (Å²) in [4.78, 5) is 4.86. The summed E-state index contributed by atoms with van der Waals surface area (Å²) in [5.74, 6) is 0. The van der Waals surface area contributed by atoms with Gasteiger partial charge in [-0.1, -0.05) is 17.7 Å². The second kappa shape index (κ2) is 4.61. The third kappa shape index (κ3) is 1.97. The number of fused-ring (bicyclic) bond motifs is 2. The Kier molecular flexibility index (Phi) is 2.86. The van der Waals surface area contributed by atoms with E-state index in [0.29, 0.717) is 12.6 Å². The van der Waals surface area contributed by atoms with E-state index in [9.17, 15) is 0 Å². The molecule has 0 unspecified atom stereocenters. The maximum atomic E-state index is 6.46. The molecule has 0 atom stereocenters. The van der Waals surface area contributed by atoms with Crippen molar-refractivity contribution in [1.82, 2.24) is 4.98 Å². The molecule has 1 saturated carbocycles. The van der Waals surface area contributed by atoms with Crippen LogP contribution in [0.4, 0.5) is 5.69 Å². The van der Waals surface area contributed by atoms with Crippen LogP contribution in [0.25, 0.3) is 10.9 Å². The summed E-state index contributed by atoms with van der Waals surface area (Å²) >= 11 is 6.46. The lowest BCUT2D eigenvalue weighted by Gasteiger charge is -2.23. The Morgan fingerprint density at radius 3 is 3.00 bits per heavy atom. The third-order valence-corrected chi connectivity index (χ3v) is 4.45. The van der Waals surface area contributed by atoms with Gasteiger partial charge in [-0.2, -0.15) is 0 Å². The molecule has 2 aliphatic rings. The second-order valence-corrected chi connectivity index (χ2v) is 6.13. The normalized spacial score (nSPS) is 18.1. The standard InChI is InChI=1S/C16H17ClN2O/c1-9-2-5-12(17)14-15(9)19-13-6-7-20-8-11(13)16(14)18-10-3-4-10/h2,5,10H,3-4,6-8H2,1H3,(H,18,19). The first-order chi connectivity index (χ1) is 9.74. The lowest BCUT2D eigenvalue weighted by atomic mass is 10.0. The predicted octanol–water partition coefficient (Wildman–Crippen LogP) is 3.84. The van der Waals surface area contributed by atoms with Crippen LogP contribution in [0.15, 0.2) is 12.1 Å². The number of rotatable bonds is 2. The van der Waals surface area contributed by atoms with Crippen molar-refractivity contribution in [3.63, 3.8) is 0 Å². The van der Waals surface area contributed by atoms with Gasteiger partial charge in [-0.3, -0.25) is 4.98 Å². The van der Waals surface area contributed by atoms with E-state index in [1.54, 1.807) is 0 Å². The Balaban J connectivity index is 2.03. The van der Waals surface area contributed by atoms with Gasteiger partial charge in [0.25, 0.3) is 0 Å². The second-order valence-electron chi connectivity index (χ2n) is 5.72. The summed E-state index contributed by atoms with van der Waals surface area (Å²) in [6, 6.07) is 4.60. The smallest absolute Gasteiger partial charge is 0.0770 e. The van der Waals surface area contributed by atoms with Gasteiger partial charge in [-0.05, 0) is 31.4 Å². The third-order valence-electron chi connectivity index (χ3n) is 4.13. The monoisotopic (exact) mass is 288 g/mol. The van der Waals surface area contributed by atoms with Crippen LogP contribution in [0.2, 0.25) is 5.02 Å². The van der Waals surface area contributed by atoms with Crippen LogP contribution in [-0.2, 0) is 17.8 Å². The molecule has 4 heteroatoms. The summed E-state index contributed by atoms with van der Waals surface area (Å²) < 4.78 is 5.63. The van der Waals surface area contributed by atoms with Crippen LogP contribution in [0, 0.1) is 6.92 Å². The van der Waals surface area contributed by atoms with Crippen LogP contribution in [0.3, 0.4) is 0 Å². The maximum Gasteiger partial charge on any atom is 0.0770 e. The number of ether oxygens (including phenoxy) is 1. The Morgan fingerprint density at radius 2 is 2.20 bits per heavy atom. The fourth-order valence-electron chi connectivity index (χ4n) is 2.85. The van der Waals surface area contributed by atoms with Crippen LogP contribution in [0.1, 0.15) is 29.7 Å². The molecule has 0 saturated heterocycles. The highest BCUT2D eigenvalue weighted by Gasteiger charge is 2.26. The molecule has 0 amide bonds. The zero-order valence-corrected chi connectivity index (χ0v) is 12.3. The fourth-order valence-corrected chi connectivity index (χ4v) is 3.09. The van der Waals surface area contributed by atoms with Gasteiger partial charge in [0.05, 0.1) is 35.1 Å². The molecule has 0 bridgehead atoms. The van der Waals surface area contributed by atoms with Crippen molar-refractivity contribution >= 4 is 28.2 Å². The van der Waals surface area contributed by atoms with E-state index < -0.39 is 0 Å². The van der Waals surface area contributed by atoms with E-state index in [1.807, 2.05) is 12.1 Å². The van der Waals surface area contributed by atoms with Gasteiger partial charge in [0.15, 0.2) is 0 Å². The Morgan fingerprint density at radius 1 is 1.35 bits per heavy atom. The number of benzene rings is 1. The largest absolute Gasteiger partial charge is 0.381 e. The minimum Gasteiger partial charge on any atom is -0.381 e. The molecule has 2 heterocycles. The maximum absolute atomic E-state index is 6.46. The summed E-state index contributed by atoms with van der Waals surface area (Å²) in [5.41, 5.74) is 5.72. The number of aromatic nitrogens is 1. The number of hydrogen-bond acceptors (Lipinski definition) is 3. The average Bonchev–Trinajstić information content (AvgIpc) is 3.27. The highest BCUT2D eigenvalue weighted by Crippen LogP contribution is 2.39. The quantitative estimate of drug-likeness (QED) is 0.911. The number of anilines is 1. The van der Waals surface area contributed by atoms with E-state index in [0.717, 1.165) is 40.3 Å². The van der Waals surface area contributed by atoms with Crippen molar-refractivity contribution in [1.29, 1.82) is 0 Å². The van der Waals surface area contributed by atoms with Crippen molar-refractivity contribution in [2.45, 2.75) is 38.8 Å². The van der Waals surface area contributed by atoms with Crippen LogP contribution in [0.5, 0.6) is 0 Å². The number of pyridine rings is 1. The highest BCUT2D eigenvalue weighted by molar-refractivity contribution is 6.36. The first kappa shape index (κ1) is 12.4. The minimum absolute atomic E-state index is 0.586. The van der Waals surface area contributed by atoms with Crippen molar-refractivity contribution < 1.29 is 4.74 Å². The molecule has 20 heavy (non-hydrogen) atoms. The van der Waals surface area contributed by atoms with Gasteiger partial charge < -0.3 is 10.1 Å². The number of aryl methyl sites for hydroxylation is 1. The van der Waals surface area contributed by atoms with E-state index >= 15 is 0 Å². The molecule has 1 aliphatic heterocycles. The summed E-state index contributed by atoms with van der Waals surface area (Å²) in [6.07, 6.45) is 3.36. The van der Waals surface area contributed by atoms with Gasteiger partial charge in [-0.25, -0.2) is 0 Å². The molecular weight excluding hydrogens is 272 g/mol. The SMILES string of the molecule is Cc1ccc(Cl)c2c(NC3CC3)c3c(nc12)CCOC3. The van der Waals surface area contributed by atoms with Crippen molar-refractivity contribution in [2.24, 2.45) is 0 Å². The van der Waals surface area contributed by atoms with Crippen molar-refractivity contribution in [3.05, 3.63) is 34.0 Å². The van der Waals surface area contributed by atoms with Crippen LogP contribution in [-0.4, -0.2) is 17.6 Å². The molecule has 1 aliphatic carbocycles. The van der Waals surface area contributed by atoms with Gasteiger partial charge in [-0.15, -0.1) is 0 Å². The molecular formula is C16H17ClN2O. The van der Waals surface area contributed by atoms with Crippen LogP contribution >= 0.6 is 11.6 Å². The fraction of sp³-hybridized carbons (Fsp3) is 0.438. The van der Waals surface area contributed by atoms with Gasteiger partial charge >= 0.3 is 0 Å². The van der Waals surface area contributed by atoms with Gasteiger partial charge in [0, 0.05) is 23.4 Å². The minimum atomic E-state index is 0.586. The Labute approximate surface area is 123 Å². The predicted molar refractivity (Wildman–Crippen MR) is 81.5 cm³/mol. The number of hydrogen-bond donors (Lipinski definition) is 1. The zero-order valence-electron chi connectivity index (χ0n) is 11.5. The molecule has 0 spiro atoms. The molecule has 104 valence electrons. The number of halogens is 1. The summed E-state index contributed by atoms with van der Waals surface area (Å²) in [6.45, 7) is 3.49. The first-order valence-electron chi connectivity index (χ1n) is 7.19. The highest BCUT2D eigenvalue weighted by atomic mass is 35.5. The number of nitrogens with zero attached hydrogens (tertiary/aromatic N) is 1. The molecule has 3 nitrogen and oxygen atoms in total. The number of nitrogens with one attached hydrogen (secondary N) is 1. The summed E-state index contributed by atoms with van der Waals surface area (Å²) in [7, 11) is 0. The first-order valence-corrected chi connectivity index (χ1v) is 7.56. The Hall–Kier alpha value is -1.32. The van der Waals surface area contributed by atoms with E-state index in [-0.39, 0.29) is 0 Å². The molecule has 1 aromatic heterocycles. The molecule has 1 N–H and O–H groups in total. The van der Waals surface area contributed by atoms with Crippen LogP contribution < -0.4 is 5.32 Å². The lowest BCUT2D eigenvalue weighted by Crippen LogP contribution is -2.16. The molecule has 0 radical (unpaired) electrons. The van der Waals surface area contributed by atoms with E-state index in [4.69, 9.17) is 21.3 Å². The van der Waals surface area contributed by atoms with E-state index in [2.05, 4.69) is 12.2 Å². The average molecular weight is 289 g/mol. The zero-order chi connectivity index (χ0) is 13.7. The lowest BCUT2D eigenvalue weighted by molar-refractivity contribution is 0.110. The van der Waals surface area contributed by atoms with Crippen molar-refractivity contribution in [2.75, 3.05) is 11.9 Å². The molecule has 2 aromatic rings. The van der Waals surface area contributed by atoms with Gasteiger partial charge in [0.2, 0.25) is 0 Å². The summed E-state index contributed by atoms with van der Waals surface area (Å²) in [5, 5.41) is 5.48. The molecule has 1 fully saturated rings. The Bertz CT molecular complexity index is 695.